The highest BCUT2D eigenvalue weighted by Crippen LogP contribution is 2.13. The van der Waals surface area contributed by atoms with Gasteiger partial charge in [-0.15, -0.1) is 11.3 Å². The summed E-state index contributed by atoms with van der Waals surface area (Å²) in [6.45, 7) is 6.19. The minimum Gasteiger partial charge on any atom is -0.299 e. The van der Waals surface area contributed by atoms with Crippen LogP contribution in [-0.4, -0.2) is 10.8 Å². The second kappa shape index (κ2) is 5.25. The number of nitrogens with zero attached hydrogens (tertiary/aromatic N) is 1. The predicted molar refractivity (Wildman–Crippen MR) is 59.6 cm³/mol. The van der Waals surface area contributed by atoms with Crippen LogP contribution in [0.1, 0.15) is 37.4 Å². The molecule has 1 rings (SSSR count). The third kappa shape index (κ3) is 3.58. The van der Waals surface area contributed by atoms with Crippen molar-refractivity contribution in [1.29, 1.82) is 0 Å². The van der Waals surface area contributed by atoms with E-state index in [0.717, 1.165) is 17.1 Å². The number of ketones is 1. The second-order valence-corrected chi connectivity index (χ2v) is 4.76. The van der Waals surface area contributed by atoms with Gasteiger partial charge < -0.3 is 0 Å². The van der Waals surface area contributed by atoms with Gasteiger partial charge in [0.25, 0.3) is 0 Å². The fourth-order valence-corrected chi connectivity index (χ4v) is 2.06. The molecular formula is C11H17NOS. The summed E-state index contributed by atoms with van der Waals surface area (Å²) < 4.78 is 0. The Hall–Kier alpha value is -0.700. The summed E-state index contributed by atoms with van der Waals surface area (Å²) in [5.41, 5.74) is 1.02. The topological polar surface area (TPSA) is 30.0 Å². The van der Waals surface area contributed by atoms with E-state index in [1.165, 1.54) is 0 Å². The van der Waals surface area contributed by atoms with E-state index in [-0.39, 0.29) is 0 Å². The van der Waals surface area contributed by atoms with Gasteiger partial charge >= 0.3 is 0 Å². The molecule has 0 aliphatic heterocycles. The van der Waals surface area contributed by atoms with Gasteiger partial charge in [0.05, 0.1) is 6.42 Å². The molecule has 0 spiro atoms. The highest BCUT2D eigenvalue weighted by atomic mass is 32.1. The van der Waals surface area contributed by atoms with Crippen LogP contribution in [0, 0.1) is 12.8 Å². The molecule has 1 atom stereocenters. The predicted octanol–water partition coefficient (Wildman–Crippen LogP) is 3.00. The lowest BCUT2D eigenvalue weighted by Crippen LogP contribution is -2.07. The van der Waals surface area contributed by atoms with Crippen molar-refractivity contribution in [3.8, 4) is 0 Å². The maximum atomic E-state index is 11.6. The van der Waals surface area contributed by atoms with E-state index >= 15 is 0 Å². The number of rotatable bonds is 5. The molecule has 0 bridgehead atoms. The first-order valence-corrected chi connectivity index (χ1v) is 5.92. The Morgan fingerprint density at radius 2 is 2.36 bits per heavy atom. The molecule has 1 aromatic rings. The summed E-state index contributed by atoms with van der Waals surface area (Å²) in [7, 11) is 0. The molecule has 0 aliphatic carbocycles. The molecule has 0 saturated carbocycles. The zero-order valence-electron chi connectivity index (χ0n) is 9.04. The molecule has 3 heteroatoms. The summed E-state index contributed by atoms with van der Waals surface area (Å²) in [5.74, 6) is 0.817. The van der Waals surface area contributed by atoms with Crippen molar-refractivity contribution < 1.29 is 4.79 Å². The van der Waals surface area contributed by atoms with Gasteiger partial charge in [-0.3, -0.25) is 4.79 Å². The summed E-state index contributed by atoms with van der Waals surface area (Å²) in [4.78, 5) is 15.8. The number of carbonyl (C=O) groups excluding carboxylic acids is 1. The molecule has 0 aromatic carbocycles. The normalized spacial score (nSPS) is 12.8. The average molecular weight is 211 g/mol. The number of Topliss-reactive ketones (excluding diaryl/α,β-unsaturated/α-hetero) is 1. The molecule has 78 valence electrons. The van der Waals surface area contributed by atoms with Crippen molar-refractivity contribution in [1.82, 2.24) is 4.98 Å². The lowest BCUT2D eigenvalue weighted by atomic mass is 10.0. The number of hydrogen-bond acceptors (Lipinski definition) is 3. The number of aryl methyl sites for hydroxylation is 1. The highest BCUT2D eigenvalue weighted by Gasteiger charge is 2.10. The number of carbonyl (C=O) groups is 1. The van der Waals surface area contributed by atoms with Crippen LogP contribution < -0.4 is 0 Å². The summed E-state index contributed by atoms with van der Waals surface area (Å²) >= 11 is 1.58. The number of hydrogen-bond donors (Lipinski definition) is 0. The zero-order chi connectivity index (χ0) is 10.6. The largest absolute Gasteiger partial charge is 0.299 e. The first-order chi connectivity index (χ1) is 6.61. The van der Waals surface area contributed by atoms with Crippen molar-refractivity contribution in [2.24, 2.45) is 5.92 Å². The van der Waals surface area contributed by atoms with Crippen molar-refractivity contribution in [2.45, 2.75) is 40.0 Å². The van der Waals surface area contributed by atoms with Crippen molar-refractivity contribution in [2.75, 3.05) is 0 Å². The molecular weight excluding hydrogens is 194 g/mol. The number of aromatic nitrogens is 1. The van der Waals surface area contributed by atoms with Gasteiger partial charge in [0.2, 0.25) is 0 Å². The molecule has 0 N–H and O–H groups in total. The first-order valence-electron chi connectivity index (χ1n) is 5.04. The summed E-state index contributed by atoms with van der Waals surface area (Å²) in [6.07, 6.45) is 2.28. The maximum absolute atomic E-state index is 11.6. The van der Waals surface area contributed by atoms with Gasteiger partial charge in [-0.25, -0.2) is 4.98 Å². The van der Waals surface area contributed by atoms with Crippen LogP contribution in [-0.2, 0) is 11.2 Å². The van der Waals surface area contributed by atoms with Gasteiger partial charge in [-0.05, 0) is 12.8 Å². The zero-order valence-corrected chi connectivity index (χ0v) is 9.86. The van der Waals surface area contributed by atoms with Crippen molar-refractivity contribution in [3.05, 3.63) is 16.1 Å². The van der Waals surface area contributed by atoms with E-state index in [9.17, 15) is 4.79 Å². The highest BCUT2D eigenvalue weighted by molar-refractivity contribution is 7.09. The SMILES string of the molecule is CCC(C)CC(=O)Cc1nc(C)cs1. The second-order valence-electron chi connectivity index (χ2n) is 3.82. The standard InChI is InChI=1S/C11H17NOS/c1-4-8(2)5-10(13)6-11-12-9(3)7-14-11/h7-8H,4-6H2,1-3H3. The van der Waals surface area contributed by atoms with Crippen LogP contribution in [0.2, 0.25) is 0 Å². The van der Waals surface area contributed by atoms with Crippen LogP contribution in [0.15, 0.2) is 5.38 Å². The van der Waals surface area contributed by atoms with Gasteiger partial charge in [0.1, 0.15) is 10.8 Å². The van der Waals surface area contributed by atoms with Crippen LogP contribution in [0.4, 0.5) is 0 Å². The molecule has 0 amide bonds. The van der Waals surface area contributed by atoms with Gasteiger partial charge in [-0.1, -0.05) is 20.3 Å². The van der Waals surface area contributed by atoms with Crippen LogP contribution in [0.25, 0.3) is 0 Å². The Morgan fingerprint density at radius 3 is 2.86 bits per heavy atom. The van der Waals surface area contributed by atoms with E-state index in [1.807, 2.05) is 12.3 Å². The van der Waals surface area contributed by atoms with Crippen LogP contribution in [0.3, 0.4) is 0 Å². The lowest BCUT2D eigenvalue weighted by Gasteiger charge is -2.05. The third-order valence-corrected chi connectivity index (χ3v) is 3.25. The minimum absolute atomic E-state index is 0.314. The fraction of sp³-hybridized carbons (Fsp3) is 0.636. The quantitative estimate of drug-likeness (QED) is 0.749. The first kappa shape index (κ1) is 11.4. The summed E-state index contributed by atoms with van der Waals surface area (Å²) in [5, 5.41) is 2.95. The lowest BCUT2D eigenvalue weighted by molar-refractivity contribution is -0.119. The van der Waals surface area contributed by atoms with E-state index in [4.69, 9.17) is 0 Å². The molecule has 0 fully saturated rings. The molecule has 1 aromatic heterocycles. The Morgan fingerprint density at radius 1 is 1.64 bits per heavy atom. The molecule has 0 aliphatic rings. The third-order valence-electron chi connectivity index (χ3n) is 2.29. The van der Waals surface area contributed by atoms with E-state index in [0.29, 0.717) is 24.5 Å². The Kier molecular flexibility index (Phi) is 4.26. The molecule has 14 heavy (non-hydrogen) atoms. The Labute approximate surface area is 89.4 Å². The molecule has 0 saturated heterocycles. The van der Waals surface area contributed by atoms with Crippen molar-refractivity contribution >= 4 is 17.1 Å². The molecule has 1 unspecified atom stereocenters. The van der Waals surface area contributed by atoms with Gasteiger partial charge in [0, 0.05) is 17.5 Å². The van der Waals surface area contributed by atoms with Gasteiger partial charge in [0.15, 0.2) is 0 Å². The van der Waals surface area contributed by atoms with E-state index in [1.54, 1.807) is 11.3 Å². The van der Waals surface area contributed by atoms with E-state index in [2.05, 4.69) is 18.8 Å². The minimum atomic E-state index is 0.314. The van der Waals surface area contributed by atoms with E-state index < -0.39 is 0 Å². The molecule has 2 nitrogen and oxygen atoms in total. The Bertz CT molecular complexity index is 306. The van der Waals surface area contributed by atoms with Crippen LogP contribution >= 0.6 is 11.3 Å². The van der Waals surface area contributed by atoms with Crippen molar-refractivity contribution in [3.63, 3.8) is 0 Å². The maximum Gasteiger partial charge on any atom is 0.139 e. The monoisotopic (exact) mass is 211 g/mol. The molecule has 0 radical (unpaired) electrons. The summed E-state index contributed by atoms with van der Waals surface area (Å²) in [6, 6.07) is 0. The molecule has 1 heterocycles. The van der Waals surface area contributed by atoms with Crippen LogP contribution in [0.5, 0.6) is 0 Å². The number of thiazole rings is 1. The van der Waals surface area contributed by atoms with Gasteiger partial charge in [-0.2, -0.15) is 0 Å². The fourth-order valence-electron chi connectivity index (χ4n) is 1.26. The Balaban J connectivity index is 2.41. The average Bonchev–Trinajstić information content (AvgIpc) is 2.50. The smallest absolute Gasteiger partial charge is 0.139 e.